The molecule has 1 rings (SSSR count). The molecule has 3 N–H and O–H groups in total. The Labute approximate surface area is 107 Å². The first-order valence-electron chi connectivity index (χ1n) is 4.86. The molecule has 1 aromatic carbocycles. The van der Waals surface area contributed by atoms with Crippen molar-refractivity contribution in [3.05, 3.63) is 23.8 Å². The van der Waals surface area contributed by atoms with Crippen molar-refractivity contribution in [1.82, 2.24) is 0 Å². The van der Waals surface area contributed by atoms with E-state index in [0.29, 0.717) is 6.07 Å². The number of nitrogens with two attached hydrogens (primary N) is 1. The Morgan fingerprint density at radius 3 is 2.05 bits per heavy atom. The number of carboxylic acid groups (broad SMARTS) is 1. The van der Waals surface area contributed by atoms with Crippen LogP contribution in [0.15, 0.2) is 18.2 Å². The predicted molar refractivity (Wildman–Crippen MR) is 54.3 cm³/mol. The van der Waals surface area contributed by atoms with Gasteiger partial charge in [0.05, 0.1) is 11.3 Å². The molecule has 4 nitrogen and oxygen atoms in total. The molecule has 0 amide bonds. The lowest BCUT2D eigenvalue weighted by molar-refractivity contribution is -0.299. The van der Waals surface area contributed by atoms with Crippen LogP contribution in [0.2, 0.25) is 0 Å². The van der Waals surface area contributed by atoms with Gasteiger partial charge < -0.3 is 15.6 Å². The average molecular weight is 303 g/mol. The second-order valence-electron chi connectivity index (χ2n) is 3.64. The van der Waals surface area contributed by atoms with Crippen LogP contribution in [0.4, 0.5) is 32.0 Å². The Balaban J connectivity index is 3.18. The van der Waals surface area contributed by atoms with Crippen molar-refractivity contribution in [2.45, 2.75) is 18.5 Å². The zero-order valence-corrected chi connectivity index (χ0v) is 9.42. The van der Waals surface area contributed by atoms with Crippen LogP contribution in [-0.4, -0.2) is 29.5 Å². The zero-order valence-electron chi connectivity index (χ0n) is 9.42. The highest BCUT2D eigenvalue weighted by Gasteiger charge is 2.59. The first-order chi connectivity index (χ1) is 8.93. The van der Waals surface area contributed by atoms with E-state index < -0.39 is 41.4 Å². The molecule has 0 aliphatic carbocycles. The molecule has 0 radical (unpaired) electrons. The number of nitrogen functional groups attached to an aromatic ring is 1. The third kappa shape index (κ3) is 3.68. The summed E-state index contributed by atoms with van der Waals surface area (Å²) in [6, 6.07) is 2.24. The number of anilines is 1. The first kappa shape index (κ1) is 15.9. The van der Waals surface area contributed by atoms with Crippen LogP contribution in [0.1, 0.15) is 10.4 Å². The molecule has 0 spiro atoms. The van der Waals surface area contributed by atoms with Crippen molar-refractivity contribution < 1.29 is 41.0 Å². The van der Waals surface area contributed by atoms with E-state index in [1.807, 2.05) is 0 Å². The number of carbonyl (C=O) groups is 1. The highest BCUT2D eigenvalue weighted by Crippen LogP contribution is 2.38. The van der Waals surface area contributed by atoms with E-state index in [2.05, 4.69) is 4.74 Å². The lowest BCUT2D eigenvalue weighted by Gasteiger charge is -2.24. The minimum atomic E-state index is -5.72. The van der Waals surface area contributed by atoms with Crippen LogP contribution in [0.5, 0.6) is 5.75 Å². The minimum absolute atomic E-state index is 0.488. The smallest absolute Gasteiger partial charge is 0.434 e. The molecule has 0 aliphatic rings. The van der Waals surface area contributed by atoms with Crippen LogP contribution in [0.3, 0.4) is 0 Å². The van der Waals surface area contributed by atoms with Gasteiger partial charge in [-0.05, 0) is 18.2 Å². The molecule has 0 fully saturated rings. The summed E-state index contributed by atoms with van der Waals surface area (Å²) in [5.41, 5.74) is 4.07. The van der Waals surface area contributed by atoms with Gasteiger partial charge in [-0.2, -0.15) is 26.3 Å². The highest BCUT2D eigenvalue weighted by atomic mass is 19.4. The van der Waals surface area contributed by atoms with Crippen molar-refractivity contribution in [2.24, 2.45) is 0 Å². The Hall–Kier alpha value is -2.13. The average Bonchev–Trinajstić information content (AvgIpc) is 2.24. The summed E-state index contributed by atoms with van der Waals surface area (Å²) in [7, 11) is 0. The Kier molecular flexibility index (Phi) is 4.06. The van der Waals surface area contributed by atoms with Crippen LogP contribution >= 0.6 is 0 Å². The third-order valence-electron chi connectivity index (χ3n) is 2.10. The van der Waals surface area contributed by atoms with Crippen molar-refractivity contribution >= 4 is 11.7 Å². The van der Waals surface area contributed by atoms with Crippen LogP contribution < -0.4 is 10.5 Å². The van der Waals surface area contributed by atoms with Crippen molar-refractivity contribution in [2.75, 3.05) is 5.73 Å². The summed E-state index contributed by atoms with van der Waals surface area (Å²) in [5, 5.41) is 8.61. The zero-order chi connectivity index (χ0) is 15.7. The lowest BCUT2D eigenvalue weighted by atomic mass is 10.2. The number of hydrogen-bond acceptors (Lipinski definition) is 3. The van der Waals surface area contributed by atoms with Crippen LogP contribution in [-0.2, 0) is 0 Å². The number of benzene rings is 1. The van der Waals surface area contributed by atoms with Gasteiger partial charge in [0.25, 0.3) is 6.10 Å². The third-order valence-corrected chi connectivity index (χ3v) is 2.10. The molecule has 0 heterocycles. The van der Waals surface area contributed by atoms with E-state index >= 15 is 0 Å². The number of hydrogen-bond donors (Lipinski definition) is 2. The van der Waals surface area contributed by atoms with Gasteiger partial charge in [0.2, 0.25) is 0 Å². The van der Waals surface area contributed by atoms with Crippen LogP contribution in [0.25, 0.3) is 0 Å². The van der Waals surface area contributed by atoms with Crippen molar-refractivity contribution in [3.8, 4) is 5.75 Å². The summed E-state index contributed by atoms with van der Waals surface area (Å²) in [4.78, 5) is 10.6. The van der Waals surface area contributed by atoms with Gasteiger partial charge in [-0.15, -0.1) is 0 Å². The van der Waals surface area contributed by atoms with Crippen molar-refractivity contribution in [3.63, 3.8) is 0 Å². The summed E-state index contributed by atoms with van der Waals surface area (Å²) < 4.78 is 77.6. The molecule has 0 unspecified atom stereocenters. The molecule has 0 aliphatic heterocycles. The molecule has 10 heteroatoms. The standard InChI is InChI=1S/C10H7F6NO3/c11-9(12,13)8(10(14,15)16)20-6-3-4(7(18)19)1-2-5(6)17/h1-3,8H,17H2,(H,18,19). The normalized spacial score (nSPS) is 12.6. The Morgan fingerprint density at radius 2 is 1.65 bits per heavy atom. The number of halogens is 6. The molecular weight excluding hydrogens is 296 g/mol. The van der Waals surface area contributed by atoms with Gasteiger partial charge in [0.15, 0.2) is 0 Å². The largest absolute Gasteiger partial charge is 0.478 e. The summed E-state index contributed by atoms with van der Waals surface area (Å²) in [6.45, 7) is 0. The van der Waals surface area contributed by atoms with Gasteiger partial charge in [-0.1, -0.05) is 0 Å². The maximum absolute atomic E-state index is 12.3. The number of alkyl halides is 6. The predicted octanol–water partition coefficient (Wildman–Crippen LogP) is 2.84. The molecule has 0 atom stereocenters. The van der Waals surface area contributed by atoms with Crippen LogP contribution in [0, 0.1) is 0 Å². The minimum Gasteiger partial charge on any atom is -0.478 e. The van der Waals surface area contributed by atoms with Gasteiger partial charge in [-0.25, -0.2) is 4.79 Å². The molecule has 0 saturated heterocycles. The fourth-order valence-electron chi connectivity index (χ4n) is 1.22. The summed E-state index contributed by atoms with van der Waals surface area (Å²) in [5.74, 6) is -2.56. The van der Waals surface area contributed by atoms with E-state index in [-0.39, 0.29) is 0 Å². The van der Waals surface area contributed by atoms with Gasteiger partial charge in [0, 0.05) is 0 Å². The summed E-state index contributed by atoms with van der Waals surface area (Å²) >= 11 is 0. The second kappa shape index (κ2) is 5.10. The fraction of sp³-hybridized carbons (Fsp3) is 0.300. The quantitative estimate of drug-likeness (QED) is 0.665. The molecule has 20 heavy (non-hydrogen) atoms. The van der Waals surface area contributed by atoms with E-state index in [1.54, 1.807) is 0 Å². The molecule has 0 aromatic heterocycles. The van der Waals surface area contributed by atoms with E-state index in [1.165, 1.54) is 0 Å². The van der Waals surface area contributed by atoms with E-state index in [0.717, 1.165) is 12.1 Å². The second-order valence-corrected chi connectivity index (χ2v) is 3.64. The van der Waals surface area contributed by atoms with Crippen molar-refractivity contribution in [1.29, 1.82) is 0 Å². The lowest BCUT2D eigenvalue weighted by Crippen LogP contribution is -2.46. The molecular formula is C10H7F6NO3. The van der Waals surface area contributed by atoms with Gasteiger partial charge in [-0.3, -0.25) is 0 Å². The highest BCUT2D eigenvalue weighted by molar-refractivity contribution is 5.89. The number of aromatic carboxylic acids is 1. The number of rotatable bonds is 3. The fourth-order valence-corrected chi connectivity index (χ4v) is 1.22. The SMILES string of the molecule is Nc1ccc(C(=O)O)cc1OC(C(F)(F)F)C(F)(F)F. The molecule has 112 valence electrons. The van der Waals surface area contributed by atoms with Gasteiger partial charge >= 0.3 is 18.3 Å². The molecule has 0 bridgehead atoms. The first-order valence-corrected chi connectivity index (χ1v) is 4.86. The maximum Gasteiger partial charge on any atom is 0.434 e. The monoisotopic (exact) mass is 303 g/mol. The topological polar surface area (TPSA) is 72.6 Å². The number of ether oxygens (including phenoxy) is 1. The van der Waals surface area contributed by atoms with Gasteiger partial charge in [0.1, 0.15) is 5.75 Å². The molecule has 0 saturated carbocycles. The Bertz CT molecular complexity index is 497. The molecule has 1 aromatic rings. The van der Waals surface area contributed by atoms with E-state index in [4.69, 9.17) is 10.8 Å². The van der Waals surface area contributed by atoms with E-state index in [9.17, 15) is 31.1 Å². The Morgan fingerprint density at radius 1 is 1.15 bits per heavy atom. The number of carboxylic acids is 1. The summed E-state index contributed by atoms with van der Waals surface area (Å²) in [6.07, 6.45) is -15.5. The maximum atomic E-state index is 12.3.